The van der Waals surface area contributed by atoms with Gasteiger partial charge < -0.3 is 10.4 Å². The number of tetrazole rings is 1. The number of carboxylic acid groups (broad SMARTS) is 1. The van der Waals surface area contributed by atoms with Crippen LogP contribution in [-0.4, -0.2) is 43.7 Å². The summed E-state index contributed by atoms with van der Waals surface area (Å²) in [6.45, 7) is 0.454. The van der Waals surface area contributed by atoms with Gasteiger partial charge in [-0.15, -0.1) is 5.10 Å². The third-order valence-corrected chi connectivity index (χ3v) is 3.48. The Bertz CT molecular complexity index is 434. The minimum atomic E-state index is -0.764. The molecule has 0 radical (unpaired) electrons. The smallest absolute Gasteiger partial charge is 0.306 e. The van der Waals surface area contributed by atoms with Crippen LogP contribution in [0, 0.1) is 11.8 Å². The Morgan fingerprint density at radius 2 is 2.16 bits per heavy atom. The highest BCUT2D eigenvalue weighted by atomic mass is 16.4. The summed E-state index contributed by atoms with van der Waals surface area (Å²) >= 11 is 0. The number of hydrogen-bond donors (Lipinski definition) is 2. The van der Waals surface area contributed by atoms with E-state index >= 15 is 0 Å². The number of nitrogens with zero attached hydrogens (tertiary/aromatic N) is 4. The molecule has 1 fully saturated rings. The van der Waals surface area contributed by atoms with Gasteiger partial charge in [-0.05, 0) is 29.2 Å². The molecule has 2 N–H and O–H groups in total. The van der Waals surface area contributed by atoms with Crippen LogP contribution in [0.1, 0.15) is 25.7 Å². The van der Waals surface area contributed by atoms with Crippen LogP contribution < -0.4 is 5.32 Å². The molecule has 1 aromatic heterocycles. The second-order valence-electron chi connectivity index (χ2n) is 4.80. The maximum absolute atomic E-state index is 11.7. The van der Waals surface area contributed by atoms with E-state index in [1.807, 2.05) is 0 Å². The third-order valence-electron chi connectivity index (χ3n) is 3.48. The first-order valence-corrected chi connectivity index (χ1v) is 6.37. The van der Waals surface area contributed by atoms with Crippen molar-refractivity contribution in [2.75, 3.05) is 6.54 Å². The fourth-order valence-electron chi connectivity index (χ4n) is 2.48. The standard InChI is InChI=1S/C11H17N5O3/c17-10(6-16-7-13-14-15-16)12-5-8-3-1-2-4-9(8)11(18)19/h7-9H,1-6H2,(H,12,17)(H,18,19). The Morgan fingerprint density at radius 3 is 2.84 bits per heavy atom. The third kappa shape index (κ3) is 3.73. The molecule has 19 heavy (non-hydrogen) atoms. The molecule has 0 saturated heterocycles. The molecule has 0 bridgehead atoms. The van der Waals surface area contributed by atoms with Crippen molar-refractivity contribution in [3.63, 3.8) is 0 Å². The van der Waals surface area contributed by atoms with Gasteiger partial charge in [0.25, 0.3) is 0 Å². The van der Waals surface area contributed by atoms with Crippen LogP contribution >= 0.6 is 0 Å². The lowest BCUT2D eigenvalue weighted by molar-refractivity contribution is -0.145. The molecule has 8 heteroatoms. The van der Waals surface area contributed by atoms with Crippen LogP contribution in [0.3, 0.4) is 0 Å². The highest BCUT2D eigenvalue weighted by Crippen LogP contribution is 2.29. The van der Waals surface area contributed by atoms with Gasteiger partial charge >= 0.3 is 5.97 Å². The minimum absolute atomic E-state index is 0.0177. The first kappa shape index (κ1) is 13.4. The Hall–Kier alpha value is -1.99. The molecule has 0 aliphatic heterocycles. The molecule has 104 valence electrons. The molecule has 1 aromatic rings. The Labute approximate surface area is 110 Å². The van der Waals surface area contributed by atoms with Gasteiger partial charge in [-0.1, -0.05) is 12.8 Å². The van der Waals surface area contributed by atoms with Crippen molar-refractivity contribution < 1.29 is 14.7 Å². The molecular weight excluding hydrogens is 250 g/mol. The van der Waals surface area contributed by atoms with Crippen molar-refractivity contribution >= 4 is 11.9 Å². The van der Waals surface area contributed by atoms with E-state index in [9.17, 15) is 9.59 Å². The van der Waals surface area contributed by atoms with E-state index in [0.29, 0.717) is 13.0 Å². The highest BCUT2D eigenvalue weighted by Gasteiger charge is 2.30. The first-order chi connectivity index (χ1) is 9.16. The summed E-state index contributed by atoms with van der Waals surface area (Å²) in [6.07, 6.45) is 4.88. The Morgan fingerprint density at radius 1 is 1.37 bits per heavy atom. The van der Waals surface area contributed by atoms with Crippen molar-refractivity contribution in [3.05, 3.63) is 6.33 Å². The normalized spacial score (nSPS) is 22.9. The van der Waals surface area contributed by atoms with Gasteiger partial charge in [0.05, 0.1) is 5.92 Å². The number of carbonyl (C=O) groups is 2. The molecule has 0 aromatic carbocycles. The van der Waals surface area contributed by atoms with E-state index in [2.05, 4.69) is 20.8 Å². The SMILES string of the molecule is O=C(Cn1cnnn1)NCC1CCCCC1C(=O)O. The van der Waals surface area contributed by atoms with Crippen molar-refractivity contribution in [2.45, 2.75) is 32.2 Å². The zero-order chi connectivity index (χ0) is 13.7. The summed E-state index contributed by atoms with van der Waals surface area (Å²) in [5.74, 6) is -1.30. The maximum Gasteiger partial charge on any atom is 0.306 e. The molecule has 2 rings (SSSR count). The molecule has 1 saturated carbocycles. The lowest BCUT2D eigenvalue weighted by Crippen LogP contribution is -2.38. The number of nitrogens with one attached hydrogen (secondary N) is 1. The molecule has 1 amide bonds. The highest BCUT2D eigenvalue weighted by molar-refractivity contribution is 5.75. The molecule has 1 aliphatic carbocycles. The summed E-state index contributed by atoms with van der Waals surface area (Å²) in [6, 6.07) is 0. The summed E-state index contributed by atoms with van der Waals surface area (Å²) in [4.78, 5) is 22.8. The molecule has 2 unspecified atom stereocenters. The fraction of sp³-hybridized carbons (Fsp3) is 0.727. The predicted octanol–water partition coefficient (Wildman–Crippen LogP) is -0.320. The number of carboxylic acids is 1. The summed E-state index contributed by atoms with van der Waals surface area (Å²) < 4.78 is 1.32. The van der Waals surface area contributed by atoms with Crippen molar-refractivity contribution in [1.29, 1.82) is 0 Å². The van der Waals surface area contributed by atoms with Crippen LogP contribution in [0.25, 0.3) is 0 Å². The second-order valence-corrected chi connectivity index (χ2v) is 4.80. The van der Waals surface area contributed by atoms with Crippen molar-refractivity contribution in [2.24, 2.45) is 11.8 Å². The predicted molar refractivity (Wildman–Crippen MR) is 63.9 cm³/mol. The Balaban J connectivity index is 1.80. The van der Waals surface area contributed by atoms with E-state index in [-0.39, 0.29) is 24.3 Å². The van der Waals surface area contributed by atoms with E-state index in [0.717, 1.165) is 19.3 Å². The summed E-state index contributed by atoms with van der Waals surface area (Å²) in [7, 11) is 0. The number of aromatic nitrogens is 4. The summed E-state index contributed by atoms with van der Waals surface area (Å²) in [5.41, 5.74) is 0. The Kier molecular flexibility index (Phi) is 4.43. The quantitative estimate of drug-likeness (QED) is 0.756. The molecule has 0 spiro atoms. The lowest BCUT2D eigenvalue weighted by atomic mass is 9.79. The zero-order valence-electron chi connectivity index (χ0n) is 10.5. The average Bonchev–Trinajstić information content (AvgIpc) is 2.89. The van der Waals surface area contributed by atoms with Crippen LogP contribution in [-0.2, 0) is 16.1 Å². The summed E-state index contributed by atoms with van der Waals surface area (Å²) in [5, 5.41) is 22.4. The van der Waals surface area contributed by atoms with Gasteiger partial charge in [0.15, 0.2) is 0 Å². The van der Waals surface area contributed by atoms with Crippen molar-refractivity contribution in [1.82, 2.24) is 25.5 Å². The maximum atomic E-state index is 11.7. The largest absolute Gasteiger partial charge is 0.481 e. The lowest BCUT2D eigenvalue weighted by Gasteiger charge is -2.28. The molecule has 2 atom stereocenters. The van der Waals surface area contributed by atoms with E-state index < -0.39 is 5.97 Å². The van der Waals surface area contributed by atoms with E-state index in [1.165, 1.54) is 11.0 Å². The molecule has 1 heterocycles. The van der Waals surface area contributed by atoms with Gasteiger partial charge in [-0.3, -0.25) is 9.59 Å². The first-order valence-electron chi connectivity index (χ1n) is 6.37. The van der Waals surface area contributed by atoms with Crippen LogP contribution in [0.4, 0.5) is 0 Å². The number of aliphatic carboxylic acids is 1. The van der Waals surface area contributed by atoms with Gasteiger partial charge in [0, 0.05) is 6.54 Å². The van der Waals surface area contributed by atoms with E-state index in [1.54, 1.807) is 0 Å². The average molecular weight is 267 g/mol. The van der Waals surface area contributed by atoms with Gasteiger partial charge in [-0.25, -0.2) is 4.68 Å². The van der Waals surface area contributed by atoms with Crippen LogP contribution in [0.2, 0.25) is 0 Å². The van der Waals surface area contributed by atoms with E-state index in [4.69, 9.17) is 5.11 Å². The molecular formula is C11H17N5O3. The number of carbonyl (C=O) groups excluding carboxylic acids is 1. The second kappa shape index (κ2) is 6.26. The fourth-order valence-corrected chi connectivity index (χ4v) is 2.48. The number of hydrogen-bond acceptors (Lipinski definition) is 5. The van der Waals surface area contributed by atoms with Crippen molar-refractivity contribution in [3.8, 4) is 0 Å². The topological polar surface area (TPSA) is 110 Å². The minimum Gasteiger partial charge on any atom is -0.481 e. The zero-order valence-corrected chi connectivity index (χ0v) is 10.5. The van der Waals surface area contributed by atoms with Crippen LogP contribution in [0.15, 0.2) is 6.33 Å². The number of amides is 1. The van der Waals surface area contributed by atoms with Crippen LogP contribution in [0.5, 0.6) is 0 Å². The molecule has 8 nitrogen and oxygen atoms in total. The number of rotatable bonds is 5. The van der Waals surface area contributed by atoms with Gasteiger partial charge in [-0.2, -0.15) is 0 Å². The van der Waals surface area contributed by atoms with Gasteiger partial charge in [0.1, 0.15) is 12.9 Å². The van der Waals surface area contributed by atoms with Gasteiger partial charge in [0.2, 0.25) is 5.91 Å². The molecule has 1 aliphatic rings. The monoisotopic (exact) mass is 267 g/mol.